The van der Waals surface area contributed by atoms with E-state index in [1.165, 1.54) is 13.8 Å². The molecular weight excluding hydrogens is 448 g/mol. The van der Waals surface area contributed by atoms with Crippen LogP contribution in [0.4, 0.5) is 0 Å². The summed E-state index contributed by atoms with van der Waals surface area (Å²) in [4.78, 5) is 23.7. The lowest BCUT2D eigenvalue weighted by molar-refractivity contribution is -0.164. The van der Waals surface area contributed by atoms with Gasteiger partial charge in [-0.15, -0.1) is 0 Å². The number of esters is 2. The van der Waals surface area contributed by atoms with Gasteiger partial charge in [0.2, 0.25) is 0 Å². The normalized spacial score (nSPS) is 22.9. The van der Waals surface area contributed by atoms with Gasteiger partial charge in [-0.05, 0) is 21.8 Å². The van der Waals surface area contributed by atoms with Crippen LogP contribution in [0.25, 0.3) is 0 Å². The summed E-state index contributed by atoms with van der Waals surface area (Å²) < 4.78 is 24.4. The van der Waals surface area contributed by atoms with Gasteiger partial charge in [-0.1, -0.05) is 88.4 Å². The third kappa shape index (κ3) is 5.43. The molecule has 0 aliphatic carbocycles. The molecule has 2 aromatic rings. The topological polar surface area (TPSA) is 71.1 Å². The molecule has 0 N–H and O–H groups in total. The molecule has 1 aliphatic rings. The minimum atomic E-state index is -2.80. The highest BCUT2D eigenvalue weighted by Gasteiger charge is 2.53. The molecule has 0 spiro atoms. The number of benzene rings is 2. The van der Waals surface area contributed by atoms with Gasteiger partial charge in [-0.2, -0.15) is 0 Å². The average Bonchev–Trinajstić information content (AvgIpc) is 3.10. The third-order valence-electron chi connectivity index (χ3n) is 6.29. The minimum Gasteiger partial charge on any atom is -0.456 e. The molecule has 7 heteroatoms. The Morgan fingerprint density at radius 2 is 1.26 bits per heavy atom. The fourth-order valence-corrected chi connectivity index (χ4v) is 9.47. The van der Waals surface area contributed by atoms with E-state index in [0.29, 0.717) is 6.42 Å². The first-order valence-corrected chi connectivity index (χ1v) is 13.8. The SMILES string of the molecule is CC[C@@H]1O[C@H](CO[Si](c2ccccc2)(c2ccccc2)C(C)(C)C)C(OC(C)=O)C1OC(C)=O. The molecule has 4 atom stereocenters. The van der Waals surface area contributed by atoms with Crippen molar-refractivity contribution in [3.8, 4) is 0 Å². The van der Waals surface area contributed by atoms with Crippen LogP contribution < -0.4 is 10.4 Å². The number of ether oxygens (including phenoxy) is 3. The second-order valence-electron chi connectivity index (χ2n) is 9.74. The van der Waals surface area contributed by atoms with Gasteiger partial charge in [0.25, 0.3) is 8.32 Å². The zero-order valence-electron chi connectivity index (χ0n) is 20.9. The van der Waals surface area contributed by atoms with Crippen LogP contribution in [0.1, 0.15) is 48.0 Å². The van der Waals surface area contributed by atoms with E-state index in [9.17, 15) is 9.59 Å². The monoisotopic (exact) mass is 484 g/mol. The van der Waals surface area contributed by atoms with Crippen LogP contribution in [0.15, 0.2) is 60.7 Å². The maximum Gasteiger partial charge on any atom is 0.303 e. The van der Waals surface area contributed by atoms with Crippen LogP contribution >= 0.6 is 0 Å². The van der Waals surface area contributed by atoms with Gasteiger partial charge in [0.15, 0.2) is 12.2 Å². The molecule has 1 saturated heterocycles. The molecule has 6 nitrogen and oxygen atoms in total. The molecule has 1 aliphatic heterocycles. The standard InChI is InChI=1S/C27H36O6Si/c1-7-23-25(31-19(2)28)26(32-20(3)29)24(33-23)18-30-34(27(4,5)6,21-14-10-8-11-15-21)22-16-12-9-13-17-22/h8-17,23-26H,7,18H2,1-6H3/t23-,24+,25?,26?/m0/s1. The van der Waals surface area contributed by atoms with Crippen molar-refractivity contribution in [3.05, 3.63) is 60.7 Å². The maximum absolute atomic E-state index is 11.9. The number of hydrogen-bond donors (Lipinski definition) is 0. The van der Waals surface area contributed by atoms with Gasteiger partial charge >= 0.3 is 11.9 Å². The van der Waals surface area contributed by atoms with Crippen LogP contribution in [0.2, 0.25) is 5.04 Å². The Kier molecular flexibility index (Phi) is 8.33. The van der Waals surface area contributed by atoms with E-state index in [0.717, 1.165) is 10.4 Å². The lowest BCUT2D eigenvalue weighted by atomic mass is 10.1. The molecule has 0 saturated carbocycles. The van der Waals surface area contributed by atoms with Crippen LogP contribution in [-0.4, -0.2) is 51.3 Å². The van der Waals surface area contributed by atoms with E-state index in [4.69, 9.17) is 18.6 Å². The molecule has 0 radical (unpaired) electrons. The van der Waals surface area contributed by atoms with E-state index >= 15 is 0 Å². The van der Waals surface area contributed by atoms with Gasteiger partial charge in [0, 0.05) is 13.8 Å². The minimum absolute atomic E-state index is 0.204. The average molecular weight is 485 g/mol. The van der Waals surface area contributed by atoms with Gasteiger partial charge in [0.05, 0.1) is 12.7 Å². The molecule has 0 amide bonds. The van der Waals surface area contributed by atoms with Crippen molar-refractivity contribution < 1.29 is 28.2 Å². The van der Waals surface area contributed by atoms with Crippen molar-refractivity contribution in [2.75, 3.05) is 6.61 Å². The Morgan fingerprint density at radius 3 is 1.65 bits per heavy atom. The molecule has 2 aromatic carbocycles. The lowest BCUT2D eigenvalue weighted by Gasteiger charge is -2.43. The van der Waals surface area contributed by atoms with Crippen molar-refractivity contribution in [3.63, 3.8) is 0 Å². The van der Waals surface area contributed by atoms with E-state index < -0.39 is 38.6 Å². The second-order valence-corrected chi connectivity index (χ2v) is 14.0. The van der Waals surface area contributed by atoms with E-state index in [1.807, 2.05) is 43.3 Å². The van der Waals surface area contributed by atoms with Gasteiger partial charge < -0.3 is 18.6 Å². The first-order chi connectivity index (χ1) is 16.1. The summed E-state index contributed by atoms with van der Waals surface area (Å²) in [5, 5.41) is 2.10. The summed E-state index contributed by atoms with van der Waals surface area (Å²) in [6.45, 7) is 11.5. The number of hydrogen-bond acceptors (Lipinski definition) is 6. The van der Waals surface area contributed by atoms with Gasteiger partial charge in [-0.3, -0.25) is 9.59 Å². The first kappa shape index (κ1) is 26.1. The van der Waals surface area contributed by atoms with Crippen molar-refractivity contribution in [1.82, 2.24) is 0 Å². The molecule has 1 fully saturated rings. The molecule has 2 unspecified atom stereocenters. The molecule has 0 bridgehead atoms. The smallest absolute Gasteiger partial charge is 0.303 e. The quantitative estimate of drug-likeness (QED) is 0.421. The Labute approximate surface area is 203 Å². The molecule has 1 heterocycles. The van der Waals surface area contributed by atoms with Crippen molar-refractivity contribution in [2.24, 2.45) is 0 Å². The van der Waals surface area contributed by atoms with Crippen LogP contribution in [0.3, 0.4) is 0 Å². The third-order valence-corrected chi connectivity index (χ3v) is 11.3. The van der Waals surface area contributed by atoms with E-state index in [1.54, 1.807) is 0 Å². The Morgan fingerprint density at radius 1 is 0.824 bits per heavy atom. The van der Waals surface area contributed by atoms with Crippen LogP contribution in [0.5, 0.6) is 0 Å². The first-order valence-electron chi connectivity index (χ1n) is 11.8. The zero-order valence-corrected chi connectivity index (χ0v) is 21.9. The van der Waals surface area contributed by atoms with Gasteiger partial charge in [0.1, 0.15) is 6.10 Å². The highest BCUT2D eigenvalue weighted by Crippen LogP contribution is 2.38. The summed E-state index contributed by atoms with van der Waals surface area (Å²) in [6.07, 6.45) is -1.71. The van der Waals surface area contributed by atoms with Crippen LogP contribution in [0, 0.1) is 0 Å². The van der Waals surface area contributed by atoms with Crippen molar-refractivity contribution >= 4 is 30.6 Å². The zero-order chi connectivity index (χ0) is 24.9. The molecule has 3 rings (SSSR count). The van der Waals surface area contributed by atoms with E-state index in [-0.39, 0.29) is 17.7 Å². The highest BCUT2D eigenvalue weighted by atomic mass is 28.4. The number of carbonyl (C=O) groups is 2. The van der Waals surface area contributed by atoms with Crippen LogP contribution in [-0.2, 0) is 28.2 Å². The number of rotatable bonds is 8. The second kappa shape index (κ2) is 10.8. The molecule has 34 heavy (non-hydrogen) atoms. The van der Waals surface area contributed by atoms with Gasteiger partial charge in [-0.25, -0.2) is 0 Å². The summed E-state index contributed by atoms with van der Waals surface area (Å²) in [6, 6.07) is 20.6. The highest BCUT2D eigenvalue weighted by molar-refractivity contribution is 6.99. The maximum atomic E-state index is 11.9. The fourth-order valence-electron chi connectivity index (χ4n) is 4.90. The molecule has 0 aromatic heterocycles. The van der Waals surface area contributed by atoms with E-state index in [2.05, 4.69) is 45.0 Å². The summed E-state index contributed by atoms with van der Waals surface area (Å²) in [5.74, 6) is -0.879. The Hall–Kier alpha value is -2.48. The molecular formula is C27H36O6Si. The Bertz CT molecular complexity index is 917. The number of carbonyl (C=O) groups excluding carboxylic acids is 2. The van der Waals surface area contributed by atoms with Crippen molar-refractivity contribution in [2.45, 2.75) is 77.4 Å². The largest absolute Gasteiger partial charge is 0.456 e. The fraction of sp³-hybridized carbons (Fsp3) is 0.481. The summed E-state index contributed by atoms with van der Waals surface area (Å²) in [5.41, 5.74) is 0. The molecule has 184 valence electrons. The lowest BCUT2D eigenvalue weighted by Crippen LogP contribution is -2.67. The Balaban J connectivity index is 2.01. The predicted octanol–water partition coefficient (Wildman–Crippen LogP) is 3.60. The summed E-state index contributed by atoms with van der Waals surface area (Å²) >= 11 is 0. The summed E-state index contributed by atoms with van der Waals surface area (Å²) in [7, 11) is -2.80. The predicted molar refractivity (Wildman–Crippen MR) is 134 cm³/mol. The van der Waals surface area contributed by atoms with Crippen molar-refractivity contribution in [1.29, 1.82) is 0 Å².